The molecule has 0 N–H and O–H groups in total. The van der Waals surface area contributed by atoms with Crippen LogP contribution in [0.2, 0.25) is 0 Å². The monoisotopic (exact) mass is 286 g/mol. The lowest BCUT2D eigenvalue weighted by atomic mass is 10.2. The molecule has 0 unspecified atom stereocenters. The Hall–Kier alpha value is -2.47. The van der Waals surface area contributed by atoms with Crippen LogP contribution in [0.15, 0.2) is 53.3 Å². The number of hydrogen-bond acceptors (Lipinski definition) is 4. The fraction of sp³-hybridized carbons (Fsp3) is 0.0714. The quantitative estimate of drug-likeness (QED) is 0.549. The Labute approximate surface area is 117 Å². The molecule has 0 aliphatic carbocycles. The van der Waals surface area contributed by atoms with Crippen LogP contribution in [-0.4, -0.2) is 9.49 Å². The van der Waals surface area contributed by atoms with E-state index in [1.54, 1.807) is 16.7 Å². The number of nitro groups is 1. The molecule has 0 radical (unpaired) electrons. The molecule has 5 nitrogen and oxygen atoms in total. The molecule has 0 aliphatic rings. The lowest BCUT2D eigenvalue weighted by Gasteiger charge is -2.04. The summed E-state index contributed by atoms with van der Waals surface area (Å²) in [6.07, 6.45) is 0. The Morgan fingerprint density at radius 1 is 1.15 bits per heavy atom. The first-order valence-corrected chi connectivity index (χ1v) is 6.78. The van der Waals surface area contributed by atoms with E-state index in [9.17, 15) is 14.9 Å². The number of nitrogens with zero attached hydrogens (tertiary/aromatic N) is 2. The second kappa shape index (κ2) is 4.90. The smallest absolute Gasteiger partial charge is 0.294 e. The van der Waals surface area contributed by atoms with E-state index in [1.807, 2.05) is 24.3 Å². The van der Waals surface area contributed by atoms with Crippen LogP contribution in [0.4, 0.5) is 5.69 Å². The van der Waals surface area contributed by atoms with Crippen molar-refractivity contribution in [3.8, 4) is 0 Å². The van der Waals surface area contributed by atoms with Crippen molar-refractivity contribution in [2.75, 3.05) is 0 Å². The maximum atomic E-state index is 12.0. The van der Waals surface area contributed by atoms with Crippen LogP contribution in [0.25, 0.3) is 10.2 Å². The van der Waals surface area contributed by atoms with Crippen LogP contribution in [0.5, 0.6) is 0 Å². The number of fused-ring (bicyclic) bond motifs is 1. The second-order valence-electron chi connectivity index (χ2n) is 4.35. The van der Waals surface area contributed by atoms with Crippen LogP contribution in [-0.2, 0) is 6.54 Å². The van der Waals surface area contributed by atoms with Crippen LogP contribution in [0.1, 0.15) is 5.56 Å². The van der Waals surface area contributed by atoms with E-state index < -0.39 is 4.92 Å². The molecule has 3 rings (SSSR count). The predicted molar refractivity (Wildman–Crippen MR) is 78.3 cm³/mol. The second-order valence-corrected chi connectivity index (χ2v) is 5.34. The van der Waals surface area contributed by atoms with Gasteiger partial charge in [-0.2, -0.15) is 0 Å². The third-order valence-corrected chi connectivity index (χ3v) is 4.00. The van der Waals surface area contributed by atoms with Crippen molar-refractivity contribution in [3.05, 3.63) is 73.9 Å². The number of para-hydroxylation sites is 1. The Morgan fingerprint density at radius 3 is 2.75 bits per heavy atom. The third kappa shape index (κ3) is 2.21. The van der Waals surface area contributed by atoms with Gasteiger partial charge in [0.2, 0.25) is 0 Å². The van der Waals surface area contributed by atoms with Crippen molar-refractivity contribution in [1.82, 2.24) is 4.57 Å². The van der Waals surface area contributed by atoms with Crippen molar-refractivity contribution in [2.24, 2.45) is 0 Å². The molecule has 6 heteroatoms. The van der Waals surface area contributed by atoms with E-state index in [2.05, 4.69) is 0 Å². The number of thiazole rings is 1. The molecular formula is C14H10N2O3S. The van der Waals surface area contributed by atoms with Crippen LogP contribution in [0.3, 0.4) is 0 Å². The number of benzene rings is 2. The highest BCUT2D eigenvalue weighted by molar-refractivity contribution is 7.16. The van der Waals surface area contributed by atoms with Gasteiger partial charge in [-0.25, -0.2) is 0 Å². The summed E-state index contributed by atoms with van der Waals surface area (Å²) >= 11 is 1.18. The summed E-state index contributed by atoms with van der Waals surface area (Å²) in [6.45, 7) is 0.338. The summed E-state index contributed by atoms with van der Waals surface area (Å²) in [4.78, 5) is 22.3. The Balaban J connectivity index is 2.05. The van der Waals surface area contributed by atoms with E-state index in [1.165, 1.54) is 23.5 Å². The van der Waals surface area contributed by atoms with Gasteiger partial charge in [-0.1, -0.05) is 35.6 Å². The van der Waals surface area contributed by atoms with Crippen molar-refractivity contribution >= 4 is 27.2 Å². The average Bonchev–Trinajstić information content (AvgIpc) is 2.76. The number of rotatable bonds is 3. The van der Waals surface area contributed by atoms with Gasteiger partial charge in [0.15, 0.2) is 0 Å². The molecule has 0 saturated carbocycles. The van der Waals surface area contributed by atoms with Crippen LogP contribution < -0.4 is 4.87 Å². The van der Waals surface area contributed by atoms with E-state index in [0.717, 1.165) is 15.8 Å². The first-order valence-electron chi connectivity index (χ1n) is 5.97. The molecule has 0 fully saturated rings. The number of aromatic nitrogens is 1. The maximum absolute atomic E-state index is 12.0. The lowest BCUT2D eigenvalue weighted by Crippen LogP contribution is -2.13. The van der Waals surface area contributed by atoms with Gasteiger partial charge in [-0.05, 0) is 17.7 Å². The number of non-ortho nitro benzene ring substituents is 1. The first kappa shape index (κ1) is 12.6. The average molecular weight is 286 g/mol. The van der Waals surface area contributed by atoms with Crippen LogP contribution >= 0.6 is 11.3 Å². The summed E-state index contributed by atoms with van der Waals surface area (Å²) in [7, 11) is 0. The highest BCUT2D eigenvalue weighted by atomic mass is 32.1. The maximum Gasteiger partial charge on any atom is 0.308 e. The molecule has 0 bridgehead atoms. The molecule has 0 saturated heterocycles. The molecule has 100 valence electrons. The minimum atomic E-state index is -0.433. The number of nitro benzene ring substituents is 1. The van der Waals surface area contributed by atoms with Crippen molar-refractivity contribution in [3.63, 3.8) is 0 Å². The van der Waals surface area contributed by atoms with E-state index in [4.69, 9.17) is 0 Å². The molecule has 20 heavy (non-hydrogen) atoms. The summed E-state index contributed by atoms with van der Waals surface area (Å²) < 4.78 is 2.56. The van der Waals surface area contributed by atoms with E-state index in [0.29, 0.717) is 6.54 Å². The van der Waals surface area contributed by atoms with Gasteiger partial charge in [0.25, 0.3) is 5.69 Å². The standard InChI is InChI=1S/C14H10N2O3S/c17-14-15(12-6-1-2-7-13(12)20-14)9-10-4-3-5-11(8-10)16(18)19/h1-8H,9H2. The Bertz CT molecular complexity index is 851. The zero-order valence-electron chi connectivity index (χ0n) is 10.4. The molecule has 0 spiro atoms. The number of hydrogen-bond donors (Lipinski definition) is 0. The van der Waals surface area contributed by atoms with E-state index >= 15 is 0 Å². The SMILES string of the molecule is O=c1sc2ccccc2n1Cc1cccc([N+](=O)[O-])c1. The van der Waals surface area contributed by atoms with Crippen LogP contribution in [0, 0.1) is 10.1 Å². The van der Waals surface area contributed by atoms with Gasteiger partial charge < -0.3 is 0 Å². The summed E-state index contributed by atoms with van der Waals surface area (Å²) in [5.74, 6) is 0. The summed E-state index contributed by atoms with van der Waals surface area (Å²) in [5.41, 5.74) is 1.63. The molecule has 0 amide bonds. The highest BCUT2D eigenvalue weighted by Gasteiger charge is 2.10. The topological polar surface area (TPSA) is 65.1 Å². The fourth-order valence-corrected chi connectivity index (χ4v) is 3.01. The zero-order chi connectivity index (χ0) is 14.1. The van der Waals surface area contributed by atoms with Gasteiger partial charge >= 0.3 is 4.87 Å². The van der Waals surface area contributed by atoms with Crippen molar-refractivity contribution in [2.45, 2.75) is 6.54 Å². The molecular weight excluding hydrogens is 276 g/mol. The molecule has 0 aliphatic heterocycles. The Kier molecular flexibility index (Phi) is 3.08. The van der Waals surface area contributed by atoms with Crippen molar-refractivity contribution < 1.29 is 4.92 Å². The molecule has 3 aromatic rings. The Morgan fingerprint density at radius 2 is 1.95 bits per heavy atom. The van der Waals surface area contributed by atoms with Gasteiger partial charge in [-0.3, -0.25) is 19.5 Å². The molecule has 1 aromatic heterocycles. The zero-order valence-corrected chi connectivity index (χ0v) is 11.2. The van der Waals surface area contributed by atoms with Gasteiger partial charge in [0.1, 0.15) is 0 Å². The predicted octanol–water partition coefficient (Wildman–Crippen LogP) is 3.02. The minimum absolute atomic E-state index is 0.0371. The van der Waals surface area contributed by atoms with E-state index in [-0.39, 0.29) is 10.6 Å². The normalized spacial score (nSPS) is 10.8. The lowest BCUT2D eigenvalue weighted by molar-refractivity contribution is -0.384. The summed E-state index contributed by atoms with van der Waals surface area (Å²) in [6, 6.07) is 13.9. The van der Waals surface area contributed by atoms with Gasteiger partial charge in [0, 0.05) is 12.1 Å². The fourth-order valence-electron chi connectivity index (χ4n) is 2.11. The summed E-state index contributed by atoms with van der Waals surface area (Å²) in [5, 5.41) is 10.8. The molecule has 1 heterocycles. The van der Waals surface area contributed by atoms with Crippen molar-refractivity contribution in [1.29, 1.82) is 0 Å². The van der Waals surface area contributed by atoms with Gasteiger partial charge in [0.05, 0.1) is 21.7 Å². The molecule has 0 atom stereocenters. The third-order valence-electron chi connectivity index (χ3n) is 3.04. The largest absolute Gasteiger partial charge is 0.308 e. The van der Waals surface area contributed by atoms with Gasteiger partial charge in [-0.15, -0.1) is 0 Å². The highest BCUT2D eigenvalue weighted by Crippen LogP contribution is 2.19. The first-order chi connectivity index (χ1) is 9.65. The molecule has 2 aromatic carbocycles. The minimum Gasteiger partial charge on any atom is -0.294 e.